The van der Waals surface area contributed by atoms with Gasteiger partial charge in [-0.25, -0.2) is 17.2 Å². The number of benzene rings is 1. The van der Waals surface area contributed by atoms with Crippen molar-refractivity contribution in [3.8, 4) is 0 Å². The fraction of sp³-hybridized carbons (Fsp3) is 0.417. The second kappa shape index (κ2) is 5.45. The summed E-state index contributed by atoms with van der Waals surface area (Å²) in [6, 6.07) is 2.39. The second-order valence-electron chi connectivity index (χ2n) is 4.69. The maximum atomic E-state index is 13.1. The Hall–Kier alpha value is -1.54. The number of aliphatic carboxylic acids is 1. The van der Waals surface area contributed by atoms with E-state index in [-0.39, 0.29) is 30.3 Å². The summed E-state index contributed by atoms with van der Waals surface area (Å²) in [5, 5.41) is 8.69. The van der Waals surface area contributed by atoms with E-state index in [1.165, 1.54) is 0 Å². The van der Waals surface area contributed by atoms with Gasteiger partial charge in [-0.15, -0.1) is 0 Å². The first kappa shape index (κ1) is 14.9. The lowest BCUT2D eigenvalue weighted by Crippen LogP contribution is -2.29. The molecule has 1 aromatic carbocycles. The lowest BCUT2D eigenvalue weighted by molar-refractivity contribution is -0.137. The van der Waals surface area contributed by atoms with Crippen LogP contribution in [-0.4, -0.2) is 36.9 Å². The van der Waals surface area contributed by atoms with Gasteiger partial charge in [0, 0.05) is 19.5 Å². The highest BCUT2D eigenvalue weighted by Crippen LogP contribution is 2.26. The molecule has 1 aliphatic rings. The minimum Gasteiger partial charge on any atom is -0.481 e. The molecule has 2 rings (SSSR count). The number of sulfonamides is 1. The highest BCUT2D eigenvalue weighted by Gasteiger charge is 2.33. The molecule has 0 aliphatic carbocycles. The predicted octanol–water partition coefficient (Wildman–Crippen LogP) is 1.45. The standard InChI is InChI=1S/C12H13F2NO4S/c13-10-2-1-9(6-11(10)14)20(18,19)15-4-3-8(7-15)5-12(16)17/h1-2,6,8H,3-5,7H2,(H,16,17). The molecule has 0 amide bonds. The Labute approximate surface area is 114 Å². The van der Waals surface area contributed by atoms with E-state index in [0.29, 0.717) is 12.5 Å². The van der Waals surface area contributed by atoms with E-state index in [1.54, 1.807) is 0 Å². The van der Waals surface area contributed by atoms with E-state index in [9.17, 15) is 22.0 Å². The molecule has 1 saturated heterocycles. The highest BCUT2D eigenvalue weighted by atomic mass is 32.2. The van der Waals surface area contributed by atoms with Crippen LogP contribution in [0.3, 0.4) is 0 Å². The molecule has 1 N–H and O–H groups in total. The Kier molecular flexibility index (Phi) is 4.05. The summed E-state index contributed by atoms with van der Waals surface area (Å²) in [6.07, 6.45) is 0.332. The van der Waals surface area contributed by atoms with Crippen molar-refractivity contribution < 1.29 is 27.1 Å². The number of hydrogen-bond acceptors (Lipinski definition) is 3. The molecule has 0 saturated carbocycles. The van der Waals surface area contributed by atoms with Crippen LogP contribution in [0.4, 0.5) is 8.78 Å². The Bertz CT molecular complexity index is 632. The van der Waals surface area contributed by atoms with Crippen LogP contribution in [0.1, 0.15) is 12.8 Å². The van der Waals surface area contributed by atoms with Gasteiger partial charge in [-0.3, -0.25) is 4.79 Å². The predicted molar refractivity (Wildman–Crippen MR) is 65.5 cm³/mol. The van der Waals surface area contributed by atoms with E-state index >= 15 is 0 Å². The number of carbonyl (C=O) groups is 1. The van der Waals surface area contributed by atoms with Gasteiger partial charge in [0.2, 0.25) is 10.0 Å². The van der Waals surface area contributed by atoms with Crippen molar-refractivity contribution in [2.75, 3.05) is 13.1 Å². The highest BCUT2D eigenvalue weighted by molar-refractivity contribution is 7.89. The van der Waals surface area contributed by atoms with Crippen LogP contribution in [0.2, 0.25) is 0 Å². The Morgan fingerprint density at radius 3 is 2.65 bits per heavy atom. The lowest BCUT2D eigenvalue weighted by atomic mass is 10.1. The molecule has 110 valence electrons. The van der Waals surface area contributed by atoms with Gasteiger partial charge >= 0.3 is 5.97 Å². The van der Waals surface area contributed by atoms with E-state index in [1.807, 2.05) is 0 Å². The number of rotatable bonds is 4. The van der Waals surface area contributed by atoms with Crippen LogP contribution in [-0.2, 0) is 14.8 Å². The van der Waals surface area contributed by atoms with Gasteiger partial charge in [-0.05, 0) is 30.5 Å². The monoisotopic (exact) mass is 305 g/mol. The maximum Gasteiger partial charge on any atom is 0.303 e. The number of nitrogens with zero attached hydrogens (tertiary/aromatic N) is 1. The van der Waals surface area contributed by atoms with E-state index in [4.69, 9.17) is 5.11 Å². The van der Waals surface area contributed by atoms with Crippen molar-refractivity contribution >= 4 is 16.0 Å². The van der Waals surface area contributed by atoms with Crippen molar-refractivity contribution in [3.05, 3.63) is 29.8 Å². The maximum absolute atomic E-state index is 13.1. The van der Waals surface area contributed by atoms with Crippen LogP contribution in [0.5, 0.6) is 0 Å². The van der Waals surface area contributed by atoms with Crippen LogP contribution >= 0.6 is 0 Å². The molecule has 1 fully saturated rings. The average molecular weight is 305 g/mol. The molecule has 0 radical (unpaired) electrons. The quantitative estimate of drug-likeness (QED) is 0.913. The minimum atomic E-state index is -3.91. The molecule has 1 unspecified atom stereocenters. The summed E-state index contributed by atoms with van der Waals surface area (Å²) >= 11 is 0. The third kappa shape index (κ3) is 2.96. The van der Waals surface area contributed by atoms with Gasteiger partial charge < -0.3 is 5.11 Å². The van der Waals surface area contributed by atoms with Gasteiger partial charge in [0.25, 0.3) is 0 Å². The van der Waals surface area contributed by atoms with Gasteiger partial charge in [-0.2, -0.15) is 4.31 Å². The van der Waals surface area contributed by atoms with Crippen LogP contribution in [0.25, 0.3) is 0 Å². The molecule has 1 aromatic rings. The summed E-state index contributed by atoms with van der Waals surface area (Å²) in [7, 11) is -3.91. The number of carboxylic acid groups (broad SMARTS) is 1. The zero-order chi connectivity index (χ0) is 14.9. The first-order valence-corrected chi connectivity index (χ1v) is 7.41. The van der Waals surface area contributed by atoms with Crippen molar-refractivity contribution in [1.29, 1.82) is 0 Å². The molecule has 0 bridgehead atoms. The summed E-state index contributed by atoms with van der Waals surface area (Å²) in [6.45, 7) is 0.257. The van der Waals surface area contributed by atoms with Crippen LogP contribution in [0, 0.1) is 17.6 Å². The number of halogens is 2. The second-order valence-corrected chi connectivity index (χ2v) is 6.63. The van der Waals surface area contributed by atoms with Crippen molar-refractivity contribution in [2.24, 2.45) is 5.92 Å². The third-order valence-electron chi connectivity index (χ3n) is 3.24. The molecule has 1 heterocycles. The molecule has 1 aliphatic heterocycles. The molecule has 8 heteroatoms. The van der Waals surface area contributed by atoms with Gasteiger partial charge in [0.1, 0.15) is 0 Å². The Morgan fingerprint density at radius 1 is 1.35 bits per heavy atom. The van der Waals surface area contributed by atoms with Gasteiger partial charge in [-0.1, -0.05) is 0 Å². The molecular weight excluding hydrogens is 292 g/mol. The van der Waals surface area contributed by atoms with Crippen LogP contribution in [0.15, 0.2) is 23.1 Å². The number of hydrogen-bond donors (Lipinski definition) is 1. The van der Waals surface area contributed by atoms with Crippen molar-refractivity contribution in [2.45, 2.75) is 17.7 Å². The summed E-state index contributed by atoms with van der Waals surface area (Å²) in [4.78, 5) is 10.3. The molecule has 20 heavy (non-hydrogen) atoms. The van der Waals surface area contributed by atoms with Crippen molar-refractivity contribution in [3.63, 3.8) is 0 Å². The Morgan fingerprint density at radius 2 is 2.05 bits per heavy atom. The first-order chi connectivity index (χ1) is 9.30. The summed E-state index contributed by atoms with van der Waals surface area (Å²) < 4.78 is 51.5. The average Bonchev–Trinajstić information content (AvgIpc) is 2.80. The van der Waals surface area contributed by atoms with Crippen LogP contribution < -0.4 is 0 Å². The molecular formula is C12H13F2NO4S. The zero-order valence-electron chi connectivity index (χ0n) is 10.4. The fourth-order valence-corrected chi connectivity index (χ4v) is 3.76. The van der Waals surface area contributed by atoms with Crippen molar-refractivity contribution in [1.82, 2.24) is 4.31 Å². The van der Waals surface area contributed by atoms with E-state index in [0.717, 1.165) is 16.4 Å². The third-order valence-corrected chi connectivity index (χ3v) is 5.10. The van der Waals surface area contributed by atoms with Gasteiger partial charge in [0.15, 0.2) is 11.6 Å². The normalized spacial score (nSPS) is 20.2. The van der Waals surface area contributed by atoms with Gasteiger partial charge in [0.05, 0.1) is 4.90 Å². The minimum absolute atomic E-state index is 0.0770. The molecule has 5 nitrogen and oxygen atoms in total. The first-order valence-electron chi connectivity index (χ1n) is 5.97. The summed E-state index contributed by atoms with van der Waals surface area (Å²) in [5.74, 6) is -3.59. The SMILES string of the molecule is O=C(O)CC1CCN(S(=O)(=O)c2ccc(F)c(F)c2)C1. The molecule has 0 aromatic heterocycles. The smallest absolute Gasteiger partial charge is 0.303 e. The Balaban J connectivity index is 2.19. The molecule has 0 spiro atoms. The lowest BCUT2D eigenvalue weighted by Gasteiger charge is -2.16. The fourth-order valence-electron chi connectivity index (χ4n) is 2.22. The number of carboxylic acids is 1. The summed E-state index contributed by atoms with van der Waals surface area (Å²) in [5.41, 5.74) is 0. The largest absolute Gasteiger partial charge is 0.481 e. The molecule has 1 atom stereocenters. The zero-order valence-corrected chi connectivity index (χ0v) is 11.2. The topological polar surface area (TPSA) is 74.7 Å². The van der Waals surface area contributed by atoms with E-state index in [2.05, 4.69) is 0 Å². The van der Waals surface area contributed by atoms with E-state index < -0.39 is 27.6 Å².